The Morgan fingerprint density at radius 2 is 1.74 bits per heavy atom. The fraction of sp³-hybridized carbons (Fsp3) is 0. The molecule has 0 radical (unpaired) electrons. The molecule has 0 saturated heterocycles. The third kappa shape index (κ3) is 4.00. The number of hydrogen-bond donors (Lipinski definition) is 3. The lowest BCUT2D eigenvalue weighted by molar-refractivity contribution is -0.131. The summed E-state index contributed by atoms with van der Waals surface area (Å²) in [5, 5.41) is 22.6. The van der Waals surface area contributed by atoms with Crippen LogP contribution in [0, 0.1) is 0 Å². The number of nitrogens with zero attached hydrogens (tertiary/aromatic N) is 1. The fourth-order valence-electron chi connectivity index (χ4n) is 1.78. The minimum absolute atomic E-state index is 0.0188. The Morgan fingerprint density at radius 1 is 1.13 bits per heavy atom. The highest BCUT2D eigenvalue weighted by atomic mass is 35.5. The van der Waals surface area contributed by atoms with Gasteiger partial charge in [-0.25, -0.2) is 10.2 Å². The highest BCUT2D eigenvalue weighted by Gasteiger charge is 2.12. The number of nitrogens with one attached hydrogen (secondary N) is 1. The highest BCUT2D eigenvalue weighted by molar-refractivity contribution is 6.51. The van der Waals surface area contributed by atoms with Crippen LogP contribution in [0.2, 0.25) is 0 Å². The van der Waals surface area contributed by atoms with Crippen LogP contribution >= 0.6 is 23.2 Å². The van der Waals surface area contributed by atoms with Gasteiger partial charge in [0, 0.05) is 0 Å². The molecule has 23 heavy (non-hydrogen) atoms. The Labute approximate surface area is 140 Å². The van der Waals surface area contributed by atoms with Crippen molar-refractivity contribution in [1.82, 2.24) is 5.43 Å². The molecule has 1 amide bonds. The van der Waals surface area contributed by atoms with Gasteiger partial charge in [0.15, 0.2) is 0 Å². The van der Waals surface area contributed by atoms with Crippen molar-refractivity contribution >= 4 is 52.1 Å². The summed E-state index contributed by atoms with van der Waals surface area (Å²) < 4.78 is 0. The van der Waals surface area contributed by atoms with E-state index < -0.39 is 16.9 Å². The van der Waals surface area contributed by atoms with Gasteiger partial charge in [0.1, 0.15) is 10.8 Å². The Kier molecular flexibility index (Phi) is 5.20. The molecule has 0 heterocycles. The first-order chi connectivity index (χ1) is 10.9. The molecule has 3 N–H and O–H groups in total. The number of benzene rings is 2. The minimum atomic E-state index is -1.42. The van der Waals surface area contributed by atoms with Gasteiger partial charge in [-0.05, 0) is 22.9 Å². The maximum atomic E-state index is 12.0. The van der Waals surface area contributed by atoms with Crippen molar-refractivity contribution in [1.29, 1.82) is 0 Å². The number of carbonyl (C=O) groups excluding carboxylic acids is 1. The molecule has 118 valence electrons. The van der Waals surface area contributed by atoms with Crippen LogP contribution in [-0.4, -0.2) is 28.3 Å². The molecule has 0 aromatic heterocycles. The molecule has 0 bridgehead atoms. The molecule has 8 heteroatoms. The number of aromatic hydroxyl groups is 1. The molecule has 2 rings (SSSR count). The van der Waals surface area contributed by atoms with E-state index in [1.165, 1.54) is 12.1 Å². The number of phenols is 1. The fourth-order valence-corrected chi connectivity index (χ4v) is 1.96. The molecule has 0 aliphatic carbocycles. The Bertz CT molecular complexity index is 846. The van der Waals surface area contributed by atoms with Gasteiger partial charge in [0.05, 0.1) is 16.8 Å². The maximum Gasteiger partial charge on any atom is 0.348 e. The first-order valence-corrected chi connectivity index (χ1v) is 6.99. The molecule has 0 unspecified atom stereocenters. The van der Waals surface area contributed by atoms with Gasteiger partial charge in [-0.15, -0.1) is 0 Å². The molecule has 0 aliphatic rings. The topological polar surface area (TPSA) is 99.0 Å². The van der Waals surface area contributed by atoms with Crippen LogP contribution in [-0.2, 0) is 4.79 Å². The Balaban J connectivity index is 2.20. The number of amides is 1. The van der Waals surface area contributed by atoms with Crippen LogP contribution in [0.5, 0.6) is 5.75 Å². The zero-order chi connectivity index (χ0) is 17.0. The monoisotopic (exact) mass is 352 g/mol. The third-order valence-electron chi connectivity index (χ3n) is 2.85. The normalized spacial score (nSPS) is 12.3. The summed E-state index contributed by atoms with van der Waals surface area (Å²) >= 11 is 11.0. The van der Waals surface area contributed by atoms with Crippen molar-refractivity contribution in [3.63, 3.8) is 0 Å². The summed E-state index contributed by atoms with van der Waals surface area (Å²) in [5.74, 6) is -2.30. The Morgan fingerprint density at radius 3 is 2.35 bits per heavy atom. The molecule has 0 spiro atoms. The molecule has 2 aromatic carbocycles. The second-order valence-corrected chi connectivity index (χ2v) is 5.17. The quantitative estimate of drug-likeness (QED) is 0.447. The van der Waals surface area contributed by atoms with Gasteiger partial charge in [0.25, 0.3) is 5.91 Å². The molecule has 2 aromatic rings. The van der Waals surface area contributed by atoms with E-state index in [1.807, 2.05) is 6.07 Å². The lowest BCUT2D eigenvalue weighted by atomic mass is 10.1. The average molecular weight is 353 g/mol. The second kappa shape index (κ2) is 7.13. The van der Waals surface area contributed by atoms with Gasteiger partial charge in [-0.1, -0.05) is 47.5 Å². The number of phenolic OH excluding ortho intramolecular Hbond substituents is 1. The summed E-state index contributed by atoms with van der Waals surface area (Å²) in [6, 6.07) is 10.2. The first-order valence-electron chi connectivity index (χ1n) is 6.24. The summed E-state index contributed by atoms with van der Waals surface area (Å²) in [4.78, 5) is 22.6. The van der Waals surface area contributed by atoms with Crippen LogP contribution in [0.3, 0.4) is 0 Å². The van der Waals surface area contributed by atoms with E-state index in [0.29, 0.717) is 0 Å². The SMILES string of the molecule is O=C(O)/C(Cl)=C(Cl)/C=N\NC(=O)c1cc2ccccc2cc1O. The van der Waals surface area contributed by atoms with E-state index in [4.69, 9.17) is 28.3 Å². The largest absolute Gasteiger partial charge is 0.507 e. The number of carboxylic acids is 1. The molecule has 6 nitrogen and oxygen atoms in total. The molecule has 0 fully saturated rings. The zero-order valence-electron chi connectivity index (χ0n) is 11.5. The predicted octanol–water partition coefficient (Wildman–Crippen LogP) is 3.03. The summed E-state index contributed by atoms with van der Waals surface area (Å²) in [7, 11) is 0. The van der Waals surface area contributed by atoms with Crippen molar-refractivity contribution in [2.75, 3.05) is 0 Å². The molecule has 0 aliphatic heterocycles. The van der Waals surface area contributed by atoms with Gasteiger partial charge in [-0.3, -0.25) is 4.79 Å². The van der Waals surface area contributed by atoms with Crippen LogP contribution < -0.4 is 5.43 Å². The van der Waals surface area contributed by atoms with Gasteiger partial charge >= 0.3 is 5.97 Å². The Hall–Kier alpha value is -2.57. The third-order valence-corrected chi connectivity index (χ3v) is 3.60. The van der Waals surface area contributed by atoms with Crippen molar-refractivity contribution in [2.45, 2.75) is 0 Å². The highest BCUT2D eigenvalue weighted by Crippen LogP contribution is 2.24. The lowest BCUT2D eigenvalue weighted by Gasteiger charge is -2.05. The van der Waals surface area contributed by atoms with Crippen molar-refractivity contribution in [3.05, 3.63) is 52.0 Å². The number of aliphatic carboxylic acids is 1. The maximum absolute atomic E-state index is 12.0. The summed E-state index contributed by atoms with van der Waals surface area (Å²) in [6.07, 6.45) is 0.883. The number of carboxylic acid groups (broad SMARTS) is 1. The van der Waals surface area contributed by atoms with Crippen molar-refractivity contribution in [3.8, 4) is 5.75 Å². The predicted molar refractivity (Wildman–Crippen MR) is 87.9 cm³/mol. The van der Waals surface area contributed by atoms with E-state index in [0.717, 1.165) is 17.0 Å². The zero-order valence-corrected chi connectivity index (χ0v) is 13.0. The summed E-state index contributed by atoms with van der Waals surface area (Å²) in [6.45, 7) is 0. The van der Waals surface area contributed by atoms with Crippen LogP contribution in [0.1, 0.15) is 10.4 Å². The number of allylic oxidation sites excluding steroid dienone is 1. The standard InChI is InChI=1S/C15H10Cl2N2O4/c16-11(13(17)15(22)23)7-18-19-14(21)10-5-8-3-1-2-4-9(8)6-12(10)20/h1-7,20H,(H,19,21)(H,22,23)/b13-11+,18-7-. The van der Waals surface area contributed by atoms with Crippen LogP contribution in [0.25, 0.3) is 10.8 Å². The van der Waals surface area contributed by atoms with E-state index >= 15 is 0 Å². The van der Waals surface area contributed by atoms with Gasteiger partial charge < -0.3 is 10.2 Å². The second-order valence-electron chi connectivity index (χ2n) is 4.38. The van der Waals surface area contributed by atoms with Crippen LogP contribution in [0.15, 0.2) is 51.6 Å². The summed E-state index contributed by atoms with van der Waals surface area (Å²) in [5.41, 5.74) is 2.15. The van der Waals surface area contributed by atoms with Crippen molar-refractivity contribution < 1.29 is 19.8 Å². The number of hydrazone groups is 1. The van der Waals surface area contributed by atoms with Gasteiger partial charge in [-0.2, -0.15) is 5.10 Å². The molecular formula is C15H10Cl2N2O4. The van der Waals surface area contributed by atoms with E-state index in [-0.39, 0.29) is 16.3 Å². The molecular weight excluding hydrogens is 343 g/mol. The molecule has 0 atom stereocenters. The van der Waals surface area contributed by atoms with E-state index in [9.17, 15) is 14.7 Å². The average Bonchev–Trinajstić information content (AvgIpc) is 2.52. The van der Waals surface area contributed by atoms with Crippen molar-refractivity contribution in [2.24, 2.45) is 5.10 Å². The number of carbonyl (C=O) groups is 2. The number of halogens is 2. The van der Waals surface area contributed by atoms with E-state index in [2.05, 4.69) is 10.5 Å². The van der Waals surface area contributed by atoms with Gasteiger partial charge in [0.2, 0.25) is 0 Å². The number of rotatable bonds is 4. The number of fused-ring (bicyclic) bond motifs is 1. The smallest absolute Gasteiger partial charge is 0.348 e. The van der Waals surface area contributed by atoms with E-state index in [1.54, 1.807) is 18.2 Å². The minimum Gasteiger partial charge on any atom is -0.507 e. The first kappa shape index (κ1) is 16.8. The number of hydrogen-bond acceptors (Lipinski definition) is 4. The lowest BCUT2D eigenvalue weighted by Crippen LogP contribution is -2.17. The molecule has 0 saturated carbocycles. The van der Waals surface area contributed by atoms with Crippen LogP contribution in [0.4, 0.5) is 0 Å².